The molecule has 0 aliphatic carbocycles. The predicted octanol–water partition coefficient (Wildman–Crippen LogP) is 4.17. The first-order valence-corrected chi connectivity index (χ1v) is 9.40. The van der Waals surface area contributed by atoms with Crippen molar-refractivity contribution in [2.24, 2.45) is 0 Å². The molecule has 0 radical (unpaired) electrons. The average Bonchev–Trinajstić information content (AvgIpc) is 2.95. The fourth-order valence-corrected chi connectivity index (χ4v) is 3.80. The number of ether oxygens (including phenoxy) is 1. The normalized spacial score (nSPS) is 16.2. The van der Waals surface area contributed by atoms with Crippen LogP contribution in [-0.2, 0) is 6.42 Å². The molecule has 0 saturated carbocycles. The average molecular weight is 414 g/mol. The van der Waals surface area contributed by atoms with E-state index >= 15 is 0 Å². The maximum Gasteiger partial charge on any atom is 0.255 e. The number of pyridine rings is 1. The molecule has 0 unspecified atom stereocenters. The summed E-state index contributed by atoms with van der Waals surface area (Å²) in [5.74, 6) is 0.690. The molecule has 6 heteroatoms. The van der Waals surface area contributed by atoms with E-state index in [2.05, 4.69) is 33.0 Å². The number of fused-ring (bicyclic) bond motifs is 3. The fourth-order valence-electron chi connectivity index (χ4n) is 3.44. The van der Waals surface area contributed by atoms with Gasteiger partial charge in [-0.1, -0.05) is 30.3 Å². The second kappa shape index (κ2) is 6.43. The van der Waals surface area contributed by atoms with Crippen LogP contribution in [0.1, 0.15) is 39.7 Å². The third-order valence-corrected chi connectivity index (χ3v) is 5.75. The van der Waals surface area contributed by atoms with E-state index in [9.17, 15) is 4.79 Å². The summed E-state index contributed by atoms with van der Waals surface area (Å²) < 4.78 is 9.14. The maximum absolute atomic E-state index is 12.8. The minimum Gasteiger partial charge on any atom is -0.481 e. The van der Waals surface area contributed by atoms with Gasteiger partial charge in [0.2, 0.25) is 0 Å². The van der Waals surface area contributed by atoms with Gasteiger partial charge in [-0.2, -0.15) is 0 Å². The molecule has 26 heavy (non-hydrogen) atoms. The Labute approximate surface area is 160 Å². The van der Waals surface area contributed by atoms with Gasteiger partial charge in [0.1, 0.15) is 10.7 Å². The third-order valence-electron chi connectivity index (χ3n) is 4.80. The van der Waals surface area contributed by atoms with Crippen molar-refractivity contribution in [3.05, 3.63) is 63.5 Å². The minimum atomic E-state index is -0.0343. The van der Waals surface area contributed by atoms with E-state index in [1.165, 1.54) is 0 Å². The highest BCUT2D eigenvalue weighted by atomic mass is 79.9. The van der Waals surface area contributed by atoms with E-state index in [-0.39, 0.29) is 12.0 Å². The number of amides is 1. The van der Waals surface area contributed by atoms with Crippen LogP contribution in [0.2, 0.25) is 0 Å². The monoisotopic (exact) mass is 413 g/mol. The van der Waals surface area contributed by atoms with Gasteiger partial charge < -0.3 is 9.64 Å². The highest BCUT2D eigenvalue weighted by Gasteiger charge is 2.30. The number of carbonyl (C=O) groups excluding carboxylic acids is 1. The first-order valence-electron chi connectivity index (χ1n) is 8.60. The summed E-state index contributed by atoms with van der Waals surface area (Å²) in [7, 11) is 3.53. The Morgan fingerprint density at radius 1 is 1.31 bits per heavy atom. The molecule has 2 aromatic heterocycles. The molecule has 0 fully saturated rings. The number of rotatable bonds is 2. The molecule has 0 bridgehead atoms. The maximum atomic E-state index is 12.8. The molecule has 0 N–H and O–H groups in total. The third kappa shape index (κ3) is 2.69. The first-order chi connectivity index (χ1) is 12.5. The minimum absolute atomic E-state index is 0.0248. The van der Waals surface area contributed by atoms with Crippen LogP contribution in [0.3, 0.4) is 0 Å². The molecule has 3 heterocycles. The lowest BCUT2D eigenvalue weighted by atomic mass is 9.95. The van der Waals surface area contributed by atoms with Gasteiger partial charge in [-0.05, 0) is 41.3 Å². The Morgan fingerprint density at radius 3 is 2.73 bits per heavy atom. The van der Waals surface area contributed by atoms with Crippen molar-refractivity contribution in [2.45, 2.75) is 25.9 Å². The van der Waals surface area contributed by atoms with Crippen LogP contribution in [0.15, 0.2) is 41.1 Å². The van der Waals surface area contributed by atoms with Crippen LogP contribution in [0.4, 0.5) is 0 Å². The molecule has 1 atom stereocenters. The lowest BCUT2D eigenvalue weighted by Crippen LogP contribution is -2.26. The summed E-state index contributed by atoms with van der Waals surface area (Å²) in [6, 6.07) is 10.2. The van der Waals surface area contributed by atoms with Gasteiger partial charge in [0.25, 0.3) is 5.91 Å². The molecule has 1 amide bonds. The molecule has 0 saturated heterocycles. The van der Waals surface area contributed by atoms with Crippen molar-refractivity contribution in [2.75, 3.05) is 14.1 Å². The zero-order valence-electron chi connectivity index (χ0n) is 15.0. The van der Waals surface area contributed by atoms with Crippen LogP contribution in [0, 0.1) is 6.92 Å². The van der Waals surface area contributed by atoms with Crippen molar-refractivity contribution in [3.8, 4) is 5.75 Å². The van der Waals surface area contributed by atoms with Gasteiger partial charge in [0.05, 0.1) is 11.3 Å². The summed E-state index contributed by atoms with van der Waals surface area (Å²) in [4.78, 5) is 19.0. The van der Waals surface area contributed by atoms with E-state index in [0.29, 0.717) is 11.3 Å². The zero-order chi connectivity index (χ0) is 18.4. The predicted molar refractivity (Wildman–Crippen MR) is 104 cm³/mol. The number of aromatic nitrogens is 2. The molecular formula is C20H20BrN3O2. The van der Waals surface area contributed by atoms with Crippen LogP contribution in [0.5, 0.6) is 5.75 Å². The molecule has 5 nitrogen and oxygen atoms in total. The summed E-state index contributed by atoms with van der Waals surface area (Å²) in [5.41, 5.74) is 4.37. The molecule has 1 aromatic carbocycles. The smallest absolute Gasteiger partial charge is 0.255 e. The molecule has 1 aliphatic rings. The number of nitrogens with zero attached hydrogens (tertiary/aromatic N) is 3. The molecule has 134 valence electrons. The van der Waals surface area contributed by atoms with Gasteiger partial charge in [0, 0.05) is 25.9 Å². The first kappa shape index (κ1) is 17.1. The molecular weight excluding hydrogens is 394 g/mol. The van der Waals surface area contributed by atoms with Gasteiger partial charge in [-0.3, -0.25) is 9.20 Å². The van der Waals surface area contributed by atoms with Gasteiger partial charge in [-0.25, -0.2) is 4.98 Å². The lowest BCUT2D eigenvalue weighted by Gasteiger charge is -2.28. The number of hydrogen-bond donors (Lipinski definition) is 0. The topological polar surface area (TPSA) is 46.8 Å². The Kier molecular flexibility index (Phi) is 4.23. The van der Waals surface area contributed by atoms with Crippen LogP contribution in [0.25, 0.3) is 5.65 Å². The number of aryl methyl sites for hydroxylation is 1. The number of imidazole rings is 1. The van der Waals surface area contributed by atoms with Crippen LogP contribution in [-0.4, -0.2) is 34.3 Å². The van der Waals surface area contributed by atoms with E-state index in [1.54, 1.807) is 19.0 Å². The lowest BCUT2D eigenvalue weighted by molar-refractivity contribution is 0.0823. The van der Waals surface area contributed by atoms with Crippen molar-refractivity contribution in [1.29, 1.82) is 0 Å². The summed E-state index contributed by atoms with van der Waals surface area (Å²) in [6.45, 7) is 1.94. The van der Waals surface area contributed by atoms with E-state index in [0.717, 1.165) is 39.9 Å². The molecule has 1 aliphatic heterocycles. The van der Waals surface area contributed by atoms with E-state index in [1.807, 2.05) is 35.7 Å². The number of hydrogen-bond acceptors (Lipinski definition) is 3. The summed E-state index contributed by atoms with van der Waals surface area (Å²) in [5, 5.41) is 0. The second-order valence-corrected chi connectivity index (χ2v) is 7.54. The van der Waals surface area contributed by atoms with Crippen molar-refractivity contribution >= 4 is 27.5 Å². The summed E-state index contributed by atoms with van der Waals surface area (Å²) in [6.07, 6.45) is 3.45. The van der Waals surface area contributed by atoms with Gasteiger partial charge in [0.15, 0.2) is 11.4 Å². The van der Waals surface area contributed by atoms with E-state index < -0.39 is 0 Å². The molecule has 4 rings (SSSR count). The zero-order valence-corrected chi connectivity index (χ0v) is 16.6. The Morgan fingerprint density at radius 2 is 2.04 bits per heavy atom. The van der Waals surface area contributed by atoms with Crippen molar-refractivity contribution < 1.29 is 9.53 Å². The Hall–Kier alpha value is -2.34. The highest BCUT2D eigenvalue weighted by Crippen LogP contribution is 2.40. The van der Waals surface area contributed by atoms with Crippen LogP contribution < -0.4 is 4.74 Å². The number of benzene rings is 1. The Balaban J connectivity index is 1.90. The van der Waals surface area contributed by atoms with E-state index in [4.69, 9.17) is 4.74 Å². The van der Waals surface area contributed by atoms with Crippen LogP contribution >= 0.6 is 15.9 Å². The molecule has 3 aromatic rings. The van der Waals surface area contributed by atoms with Gasteiger partial charge >= 0.3 is 0 Å². The quantitative estimate of drug-likeness (QED) is 0.633. The van der Waals surface area contributed by atoms with Crippen molar-refractivity contribution in [3.63, 3.8) is 0 Å². The Bertz CT molecular complexity index is 995. The summed E-state index contributed by atoms with van der Waals surface area (Å²) >= 11 is 3.58. The van der Waals surface area contributed by atoms with Crippen molar-refractivity contribution in [1.82, 2.24) is 14.3 Å². The SMILES string of the molecule is Cc1nc2c3c(c(C(=O)N(C)C)cn2c1Br)CC[C@@H](c1ccccc1)O3. The fraction of sp³-hybridized carbons (Fsp3) is 0.300. The standard InChI is InChI=1S/C20H20BrN3O2/c1-12-18(21)24-11-15(20(25)23(2)3)14-9-10-16(13-7-5-4-6-8-13)26-17(14)19(24)22-12/h4-8,11,16H,9-10H2,1-3H3/t16-/m0/s1. The molecule has 0 spiro atoms. The highest BCUT2D eigenvalue weighted by molar-refractivity contribution is 9.10. The number of carbonyl (C=O) groups is 1. The number of halogens is 1. The largest absolute Gasteiger partial charge is 0.481 e. The van der Waals surface area contributed by atoms with Gasteiger partial charge in [-0.15, -0.1) is 0 Å². The second-order valence-electron chi connectivity index (χ2n) is 6.79.